The van der Waals surface area contributed by atoms with Gasteiger partial charge in [-0.2, -0.15) is 0 Å². The smallest absolute Gasteiger partial charge is 0.0737 e. The number of H-pyrrole nitrogens is 3. The molecular weight excluding hydrogens is 585 g/mol. The summed E-state index contributed by atoms with van der Waals surface area (Å²) in [5, 5.41) is 0.154. The number of aromatic nitrogens is 3. The van der Waals surface area contributed by atoms with Crippen LogP contribution >= 0.6 is 0 Å². The first-order valence-corrected chi connectivity index (χ1v) is 14.7. The molecule has 0 amide bonds. The van der Waals surface area contributed by atoms with Gasteiger partial charge < -0.3 is 15.0 Å². The van der Waals surface area contributed by atoms with Crippen molar-refractivity contribution in [2.75, 3.05) is 0 Å². The molecule has 7 aromatic rings. The van der Waals surface area contributed by atoms with E-state index < -0.39 is 127 Å². The number of aromatic amines is 3. The van der Waals surface area contributed by atoms with E-state index in [9.17, 15) is 0 Å². The van der Waals surface area contributed by atoms with Gasteiger partial charge in [-0.15, -0.1) is 0 Å². The molecule has 3 aromatic heterocycles. The molecule has 48 heavy (non-hydrogen) atoms. The van der Waals surface area contributed by atoms with Crippen molar-refractivity contribution in [1.82, 2.24) is 15.0 Å². The van der Waals surface area contributed by atoms with Crippen LogP contribution in [0.4, 0.5) is 0 Å². The summed E-state index contributed by atoms with van der Waals surface area (Å²) in [6.45, 7) is 0. The fourth-order valence-electron chi connectivity index (χ4n) is 6.02. The van der Waals surface area contributed by atoms with Gasteiger partial charge in [0.15, 0.2) is 0 Å². The summed E-state index contributed by atoms with van der Waals surface area (Å²) in [7, 11) is 0. The molecule has 0 fully saturated rings. The Morgan fingerprint density at radius 1 is 0.521 bits per heavy atom. The van der Waals surface area contributed by atoms with Gasteiger partial charge in [0.2, 0.25) is 0 Å². The molecule has 1 atom stereocenters. The molecule has 0 saturated heterocycles. The topological polar surface area (TPSA) is 59.7 Å². The zero-order valence-electron chi connectivity index (χ0n) is 44.6. The minimum atomic E-state index is -1.26. The Morgan fingerprint density at radius 3 is 1.77 bits per heavy atom. The number of rotatable bonds is 4. The van der Waals surface area contributed by atoms with Crippen molar-refractivity contribution in [2.45, 2.75) is 5.92 Å². The van der Waals surface area contributed by atoms with E-state index in [1.54, 1.807) is 0 Å². The standard InChI is InChI=1S/C44H32N4/c1-5-13-29(14-6-1)41-33-27-40(45-28-33)44(32-19-11-4-12-20-32)39-26-25-38(48-39)43(31-17-9-3-10-18-31)37-24-23-36(47-37)42(30-15-7-2-8-16-30)35-22-21-34(41)46-35/h1-28,41,45-47H/b42-36-,43-37-,44-39-/t41-/m1/s1/i1D,2D,3D,4D,5D,6D,7D,8D,9D,10D,11D,12D,13D,14D,15D,16D,17D,18D,19D,20D. The summed E-state index contributed by atoms with van der Waals surface area (Å²) in [5.74, 6) is -1.26. The van der Waals surface area contributed by atoms with E-state index in [0.717, 1.165) is 0 Å². The highest BCUT2D eigenvalue weighted by Gasteiger charge is 2.24. The molecule has 0 aliphatic carbocycles. The molecule has 3 N–H and O–H groups in total. The summed E-state index contributed by atoms with van der Waals surface area (Å²) < 4.78 is 175. The van der Waals surface area contributed by atoms with E-state index in [1.165, 1.54) is 48.7 Å². The average Bonchev–Trinajstić information content (AvgIpc) is 4.18. The van der Waals surface area contributed by atoms with Gasteiger partial charge in [-0.3, -0.25) is 0 Å². The van der Waals surface area contributed by atoms with Crippen LogP contribution in [0.15, 0.2) is 180 Å². The Balaban J connectivity index is 1.52. The third-order valence-electron chi connectivity index (χ3n) is 8.03. The second kappa shape index (κ2) is 11.8. The summed E-state index contributed by atoms with van der Waals surface area (Å²) in [6, 6.07) is -5.31. The largest absolute Gasteiger partial charge is 0.361 e. The van der Waals surface area contributed by atoms with Crippen molar-refractivity contribution >= 4 is 22.4 Å². The molecule has 0 spiro atoms. The minimum Gasteiger partial charge on any atom is -0.361 e. The highest BCUT2D eigenvalue weighted by atomic mass is 14.8. The van der Waals surface area contributed by atoms with Gasteiger partial charge >= 0.3 is 0 Å². The van der Waals surface area contributed by atoms with Crippen LogP contribution in [-0.2, 0) is 0 Å². The van der Waals surface area contributed by atoms with Crippen molar-refractivity contribution in [3.63, 3.8) is 0 Å². The first-order chi connectivity index (χ1) is 32.1. The van der Waals surface area contributed by atoms with Crippen LogP contribution in [0.5, 0.6) is 0 Å². The molecule has 0 saturated carbocycles. The lowest BCUT2D eigenvalue weighted by molar-refractivity contribution is 0.932. The Hall–Kier alpha value is -6.39. The van der Waals surface area contributed by atoms with Gasteiger partial charge in [0.05, 0.1) is 44.7 Å². The molecule has 4 nitrogen and oxygen atoms in total. The van der Waals surface area contributed by atoms with Crippen LogP contribution in [0.3, 0.4) is 0 Å². The zero-order valence-corrected chi connectivity index (χ0v) is 24.6. The first kappa shape index (κ1) is 14.2. The minimum absolute atomic E-state index is 0.00506. The summed E-state index contributed by atoms with van der Waals surface area (Å²) in [5.41, 5.74) is -0.666. The molecule has 2 aliphatic rings. The highest BCUT2D eigenvalue weighted by molar-refractivity contribution is 6.30. The van der Waals surface area contributed by atoms with E-state index >= 15 is 0 Å². The Morgan fingerprint density at radius 2 is 1.10 bits per heavy atom. The van der Waals surface area contributed by atoms with E-state index in [2.05, 4.69) is 15.0 Å². The molecule has 228 valence electrons. The number of fused-ring (bicyclic) bond motifs is 7. The third kappa shape index (κ3) is 4.91. The van der Waals surface area contributed by atoms with Crippen LogP contribution in [0, 0.1) is 0 Å². The van der Waals surface area contributed by atoms with Crippen LogP contribution in [0.25, 0.3) is 16.7 Å². The molecule has 8 bridgehead atoms. The number of benzene rings is 4. The predicted octanol–water partition coefficient (Wildman–Crippen LogP) is 8.08. The molecule has 0 unspecified atom stereocenters. The van der Waals surface area contributed by atoms with Crippen LogP contribution in [-0.4, -0.2) is 20.7 Å². The SMILES string of the molecule is [2H]c1c([2H])c([2H])c(/C2=C3\C=CC(=N3)/C(c3c([2H])c([2H])c([2H])c([2H])c3[2H])=c3/cc/c([nH]3)=C(\c3c([2H])c([2H])c([2H])c([2H])c3[2H])c3ccc([nH]3)[C@H](c3c([2H])c([2H])c([2H])c([2H])c3[2H])c3c[nH]c2c3)c([2H])c1[2H]. The maximum atomic E-state index is 9.08. The molecule has 9 rings (SSSR count). The van der Waals surface area contributed by atoms with Crippen molar-refractivity contribution in [3.8, 4) is 0 Å². The lowest BCUT2D eigenvalue weighted by Crippen LogP contribution is -2.19. The van der Waals surface area contributed by atoms with Gasteiger partial charge in [0, 0.05) is 50.7 Å². The van der Waals surface area contributed by atoms with Crippen LogP contribution < -0.4 is 10.7 Å². The Labute approximate surface area is 307 Å². The second-order valence-electron chi connectivity index (χ2n) is 10.8. The van der Waals surface area contributed by atoms with E-state index in [4.69, 9.17) is 32.4 Å². The average molecular weight is 637 g/mol. The van der Waals surface area contributed by atoms with Gasteiger partial charge in [0.25, 0.3) is 0 Å². The van der Waals surface area contributed by atoms with Crippen molar-refractivity contribution in [3.05, 3.63) is 231 Å². The normalized spacial score (nSPS) is 25.2. The lowest BCUT2D eigenvalue weighted by Gasteiger charge is -2.16. The van der Waals surface area contributed by atoms with Crippen molar-refractivity contribution < 1.29 is 27.4 Å². The van der Waals surface area contributed by atoms with E-state index in [0.29, 0.717) is 0 Å². The fraction of sp³-hybridized carbons (Fsp3) is 0.0227. The number of aliphatic imine (C=N–C) groups is 1. The number of nitrogens with one attached hydrogen (secondary N) is 3. The van der Waals surface area contributed by atoms with Crippen LogP contribution in [0.1, 0.15) is 78.2 Å². The molecular formula is C44H32N4. The molecule has 4 aromatic carbocycles. The van der Waals surface area contributed by atoms with Gasteiger partial charge in [-0.05, 0) is 70.3 Å². The summed E-state index contributed by atoms with van der Waals surface area (Å²) >= 11 is 0. The quantitative estimate of drug-likeness (QED) is 0.175. The number of nitrogens with zero attached hydrogens (tertiary/aromatic N) is 1. The maximum absolute atomic E-state index is 9.08. The monoisotopic (exact) mass is 636 g/mol. The Bertz CT molecular complexity index is 3530. The molecule has 4 heteroatoms. The number of hydrogen-bond acceptors (Lipinski definition) is 1. The third-order valence-corrected chi connectivity index (χ3v) is 8.03. The van der Waals surface area contributed by atoms with E-state index in [-0.39, 0.29) is 83.7 Å². The predicted molar refractivity (Wildman–Crippen MR) is 195 cm³/mol. The Kier molecular flexibility index (Phi) is 3.47. The summed E-state index contributed by atoms with van der Waals surface area (Å²) in [6.07, 6.45) is 4.33. The van der Waals surface area contributed by atoms with Crippen LogP contribution in [0.2, 0.25) is 0 Å². The van der Waals surface area contributed by atoms with E-state index in [1.807, 2.05) is 0 Å². The van der Waals surface area contributed by atoms with Gasteiger partial charge in [0.1, 0.15) is 0 Å². The van der Waals surface area contributed by atoms with Crippen molar-refractivity contribution in [1.29, 1.82) is 0 Å². The molecule has 2 aliphatic heterocycles. The number of hydrogen-bond donors (Lipinski definition) is 3. The lowest BCUT2D eigenvalue weighted by atomic mass is 9.89. The van der Waals surface area contributed by atoms with Crippen molar-refractivity contribution in [2.24, 2.45) is 4.99 Å². The maximum Gasteiger partial charge on any atom is 0.0737 e. The molecule has 0 radical (unpaired) electrons. The summed E-state index contributed by atoms with van der Waals surface area (Å²) in [4.78, 5) is 14.4. The second-order valence-corrected chi connectivity index (χ2v) is 10.8. The zero-order chi connectivity index (χ0) is 49.3. The first-order valence-electron chi connectivity index (χ1n) is 24.7. The highest BCUT2D eigenvalue weighted by Crippen LogP contribution is 2.37. The van der Waals surface area contributed by atoms with Gasteiger partial charge in [-0.1, -0.05) is 121 Å². The van der Waals surface area contributed by atoms with Gasteiger partial charge in [-0.25, -0.2) is 4.99 Å². The molecule has 5 heterocycles. The fourth-order valence-corrected chi connectivity index (χ4v) is 6.02. The number of allylic oxidation sites excluding steroid dienone is 2.